The molecule has 104 valence electrons. The second-order valence-corrected chi connectivity index (χ2v) is 5.93. The summed E-state index contributed by atoms with van der Waals surface area (Å²) >= 11 is 7.12. The number of thioether (sulfide) groups is 1. The SMILES string of the molecule is Cc1ccccc1NC(=S)NCCSc1ccccc1. The Labute approximate surface area is 130 Å². The summed E-state index contributed by atoms with van der Waals surface area (Å²) in [5.41, 5.74) is 2.25. The lowest BCUT2D eigenvalue weighted by Gasteiger charge is -2.12. The number of para-hydroxylation sites is 1. The van der Waals surface area contributed by atoms with Crippen molar-refractivity contribution in [1.29, 1.82) is 0 Å². The van der Waals surface area contributed by atoms with Crippen molar-refractivity contribution in [2.24, 2.45) is 0 Å². The maximum atomic E-state index is 5.29. The molecule has 0 radical (unpaired) electrons. The highest BCUT2D eigenvalue weighted by Crippen LogP contribution is 2.16. The van der Waals surface area contributed by atoms with E-state index in [0.717, 1.165) is 18.0 Å². The number of aryl methyl sites for hydroxylation is 1. The van der Waals surface area contributed by atoms with Crippen LogP contribution in [0.1, 0.15) is 5.56 Å². The normalized spacial score (nSPS) is 10.1. The van der Waals surface area contributed by atoms with E-state index >= 15 is 0 Å². The average molecular weight is 302 g/mol. The molecule has 2 nitrogen and oxygen atoms in total. The van der Waals surface area contributed by atoms with E-state index in [1.165, 1.54) is 10.5 Å². The molecule has 0 aliphatic rings. The van der Waals surface area contributed by atoms with E-state index < -0.39 is 0 Å². The average Bonchev–Trinajstić information content (AvgIpc) is 2.47. The second-order valence-electron chi connectivity index (χ2n) is 4.36. The second kappa shape index (κ2) is 7.92. The smallest absolute Gasteiger partial charge is 0.170 e. The van der Waals surface area contributed by atoms with E-state index in [1.54, 1.807) is 0 Å². The zero-order chi connectivity index (χ0) is 14.2. The number of hydrogen-bond acceptors (Lipinski definition) is 2. The van der Waals surface area contributed by atoms with Gasteiger partial charge in [-0.25, -0.2) is 0 Å². The van der Waals surface area contributed by atoms with Crippen molar-refractivity contribution in [2.45, 2.75) is 11.8 Å². The molecule has 2 aromatic rings. The molecular formula is C16H18N2S2. The number of nitrogens with one attached hydrogen (secondary N) is 2. The quantitative estimate of drug-likeness (QED) is 0.494. The third-order valence-electron chi connectivity index (χ3n) is 2.79. The molecule has 2 rings (SSSR count). The fourth-order valence-corrected chi connectivity index (χ4v) is 2.73. The van der Waals surface area contributed by atoms with Gasteiger partial charge in [-0.3, -0.25) is 0 Å². The predicted octanol–water partition coefficient (Wildman–Crippen LogP) is 4.07. The molecule has 0 heterocycles. The molecule has 0 bridgehead atoms. The first kappa shape index (κ1) is 14.9. The van der Waals surface area contributed by atoms with Crippen LogP contribution in [0.3, 0.4) is 0 Å². The highest BCUT2D eigenvalue weighted by Gasteiger charge is 1.99. The third-order valence-corrected chi connectivity index (χ3v) is 4.05. The van der Waals surface area contributed by atoms with Gasteiger partial charge in [-0.15, -0.1) is 11.8 Å². The van der Waals surface area contributed by atoms with E-state index in [2.05, 4.69) is 47.9 Å². The minimum atomic E-state index is 0.674. The number of rotatable bonds is 5. The molecule has 0 amide bonds. The molecule has 0 aromatic heterocycles. The summed E-state index contributed by atoms with van der Waals surface area (Å²) < 4.78 is 0. The Kier molecular flexibility index (Phi) is 5.89. The van der Waals surface area contributed by atoms with Gasteiger partial charge in [-0.05, 0) is 42.9 Å². The van der Waals surface area contributed by atoms with Crippen LogP contribution < -0.4 is 10.6 Å². The molecule has 0 saturated carbocycles. The van der Waals surface area contributed by atoms with Gasteiger partial charge in [0.1, 0.15) is 0 Å². The van der Waals surface area contributed by atoms with Gasteiger partial charge >= 0.3 is 0 Å². The molecule has 2 N–H and O–H groups in total. The van der Waals surface area contributed by atoms with Crippen LogP contribution in [0.5, 0.6) is 0 Å². The Morgan fingerprint density at radius 3 is 2.50 bits per heavy atom. The molecule has 0 aliphatic carbocycles. The number of hydrogen-bond donors (Lipinski definition) is 2. The van der Waals surface area contributed by atoms with E-state index in [9.17, 15) is 0 Å². The molecule has 0 spiro atoms. The predicted molar refractivity (Wildman–Crippen MR) is 92.6 cm³/mol. The van der Waals surface area contributed by atoms with Crippen LogP contribution in [-0.2, 0) is 0 Å². The minimum Gasteiger partial charge on any atom is -0.362 e. The van der Waals surface area contributed by atoms with Gasteiger partial charge in [0, 0.05) is 22.9 Å². The molecule has 0 unspecified atom stereocenters. The van der Waals surface area contributed by atoms with Crippen molar-refractivity contribution in [3.8, 4) is 0 Å². The molecule has 0 aliphatic heterocycles. The summed E-state index contributed by atoms with van der Waals surface area (Å²) in [5, 5.41) is 7.12. The molecule has 0 fully saturated rings. The largest absolute Gasteiger partial charge is 0.362 e. The van der Waals surface area contributed by atoms with Gasteiger partial charge in [0.25, 0.3) is 0 Å². The highest BCUT2D eigenvalue weighted by atomic mass is 32.2. The van der Waals surface area contributed by atoms with E-state index in [-0.39, 0.29) is 0 Å². The highest BCUT2D eigenvalue weighted by molar-refractivity contribution is 7.99. The summed E-state index contributed by atoms with van der Waals surface area (Å²) in [6.45, 7) is 2.91. The number of thiocarbonyl (C=S) groups is 1. The summed E-state index contributed by atoms with van der Waals surface area (Å²) in [5.74, 6) is 0.986. The summed E-state index contributed by atoms with van der Waals surface area (Å²) in [6, 6.07) is 18.5. The molecule has 20 heavy (non-hydrogen) atoms. The molecule has 0 saturated heterocycles. The van der Waals surface area contributed by atoms with E-state index in [0.29, 0.717) is 5.11 Å². The zero-order valence-electron chi connectivity index (χ0n) is 11.4. The van der Waals surface area contributed by atoms with Crippen molar-refractivity contribution >= 4 is 34.8 Å². The zero-order valence-corrected chi connectivity index (χ0v) is 13.1. The molecule has 2 aromatic carbocycles. The maximum absolute atomic E-state index is 5.29. The summed E-state index contributed by atoms with van der Waals surface area (Å²) in [7, 11) is 0. The third kappa shape index (κ3) is 4.87. The van der Waals surface area contributed by atoms with Gasteiger partial charge in [0.2, 0.25) is 0 Å². The van der Waals surface area contributed by atoms with Crippen molar-refractivity contribution in [2.75, 3.05) is 17.6 Å². The Morgan fingerprint density at radius 1 is 1.05 bits per heavy atom. The van der Waals surface area contributed by atoms with Crippen LogP contribution >= 0.6 is 24.0 Å². The van der Waals surface area contributed by atoms with Gasteiger partial charge in [0.05, 0.1) is 0 Å². The summed E-state index contributed by atoms with van der Waals surface area (Å²) in [6.07, 6.45) is 0. The number of anilines is 1. The topological polar surface area (TPSA) is 24.1 Å². The van der Waals surface area contributed by atoms with Gasteiger partial charge in [0.15, 0.2) is 5.11 Å². The first-order valence-electron chi connectivity index (χ1n) is 6.54. The fraction of sp³-hybridized carbons (Fsp3) is 0.188. The van der Waals surface area contributed by atoms with Crippen LogP contribution in [-0.4, -0.2) is 17.4 Å². The first-order valence-corrected chi connectivity index (χ1v) is 7.93. The van der Waals surface area contributed by atoms with Crippen LogP contribution in [0.2, 0.25) is 0 Å². The molecule has 4 heteroatoms. The molecular weight excluding hydrogens is 284 g/mol. The van der Waals surface area contributed by atoms with Gasteiger partial charge in [-0.1, -0.05) is 36.4 Å². The summed E-state index contributed by atoms with van der Waals surface area (Å²) in [4.78, 5) is 1.28. The van der Waals surface area contributed by atoms with Gasteiger partial charge in [-0.2, -0.15) is 0 Å². The maximum Gasteiger partial charge on any atom is 0.170 e. The van der Waals surface area contributed by atoms with Crippen molar-refractivity contribution in [3.05, 3.63) is 60.2 Å². The lowest BCUT2D eigenvalue weighted by Crippen LogP contribution is -2.30. The monoisotopic (exact) mass is 302 g/mol. The van der Waals surface area contributed by atoms with E-state index in [1.807, 2.05) is 36.0 Å². The van der Waals surface area contributed by atoms with Crippen LogP contribution in [0, 0.1) is 6.92 Å². The Morgan fingerprint density at radius 2 is 1.75 bits per heavy atom. The number of benzene rings is 2. The molecule has 0 atom stereocenters. The fourth-order valence-electron chi connectivity index (χ4n) is 1.73. The van der Waals surface area contributed by atoms with Crippen LogP contribution in [0.15, 0.2) is 59.5 Å². The van der Waals surface area contributed by atoms with Crippen LogP contribution in [0.25, 0.3) is 0 Å². The van der Waals surface area contributed by atoms with Crippen LogP contribution in [0.4, 0.5) is 5.69 Å². The lowest BCUT2D eigenvalue weighted by atomic mass is 10.2. The van der Waals surface area contributed by atoms with Gasteiger partial charge < -0.3 is 10.6 Å². The lowest BCUT2D eigenvalue weighted by molar-refractivity contribution is 0.989. The van der Waals surface area contributed by atoms with E-state index in [4.69, 9.17) is 12.2 Å². The minimum absolute atomic E-state index is 0.674. The van der Waals surface area contributed by atoms with Crippen molar-refractivity contribution < 1.29 is 0 Å². The van der Waals surface area contributed by atoms with Crippen molar-refractivity contribution in [1.82, 2.24) is 5.32 Å². The first-order chi connectivity index (χ1) is 9.75. The Hall–Kier alpha value is -1.52. The standard InChI is InChI=1S/C16H18N2S2/c1-13-7-5-6-10-15(13)18-16(19)17-11-12-20-14-8-3-2-4-9-14/h2-10H,11-12H2,1H3,(H2,17,18,19). The Balaban J connectivity index is 1.69. The van der Waals surface area contributed by atoms with Crippen molar-refractivity contribution in [3.63, 3.8) is 0 Å². The Bertz CT molecular complexity index is 555.